The Hall–Kier alpha value is -2.60. The fourth-order valence-corrected chi connectivity index (χ4v) is 3.97. The van der Waals surface area contributed by atoms with Crippen LogP contribution >= 0.6 is 11.8 Å². The standard InChI is InChI=1S/C23H28N4OS/c1-16(2)13-19-9-11-20(12-10-19)18(4)25-22(28)14-29-23-26-24-15-27(23)21-8-6-5-7-17(21)3/h5-12,15-16,18H,13-14H2,1-4H3,(H,25,28)/t18-/m1/s1. The smallest absolute Gasteiger partial charge is 0.230 e. The summed E-state index contributed by atoms with van der Waals surface area (Å²) in [4.78, 5) is 12.5. The number of carbonyl (C=O) groups excluding carboxylic acids is 1. The molecule has 0 aliphatic rings. The van der Waals surface area contributed by atoms with Crippen LogP contribution in [0.5, 0.6) is 0 Å². The van der Waals surface area contributed by atoms with Crippen LogP contribution in [0.1, 0.15) is 43.5 Å². The third kappa shape index (κ3) is 5.70. The van der Waals surface area contributed by atoms with E-state index in [1.807, 2.05) is 42.7 Å². The number of rotatable bonds is 8. The van der Waals surface area contributed by atoms with E-state index in [1.165, 1.54) is 17.3 Å². The number of nitrogens with one attached hydrogen (secondary N) is 1. The Labute approximate surface area is 176 Å². The van der Waals surface area contributed by atoms with Crippen LogP contribution in [-0.2, 0) is 11.2 Å². The lowest BCUT2D eigenvalue weighted by Crippen LogP contribution is -2.28. The maximum absolute atomic E-state index is 12.5. The van der Waals surface area contributed by atoms with E-state index in [0.717, 1.165) is 23.2 Å². The summed E-state index contributed by atoms with van der Waals surface area (Å²) in [7, 11) is 0. The lowest BCUT2D eigenvalue weighted by Gasteiger charge is -2.15. The van der Waals surface area contributed by atoms with E-state index in [4.69, 9.17) is 0 Å². The highest BCUT2D eigenvalue weighted by Gasteiger charge is 2.14. The van der Waals surface area contributed by atoms with Crippen molar-refractivity contribution < 1.29 is 4.79 Å². The minimum atomic E-state index is -0.0366. The molecule has 1 aromatic heterocycles. The van der Waals surface area contributed by atoms with Gasteiger partial charge in [-0.05, 0) is 48.9 Å². The number of aromatic nitrogens is 3. The quantitative estimate of drug-likeness (QED) is 0.547. The minimum absolute atomic E-state index is 0.0203. The van der Waals surface area contributed by atoms with Crippen molar-refractivity contribution in [2.45, 2.75) is 45.3 Å². The molecule has 29 heavy (non-hydrogen) atoms. The number of para-hydroxylation sites is 1. The summed E-state index contributed by atoms with van der Waals surface area (Å²) in [6.45, 7) is 8.49. The molecule has 0 fully saturated rings. The van der Waals surface area contributed by atoms with Gasteiger partial charge in [0.15, 0.2) is 5.16 Å². The molecule has 0 radical (unpaired) electrons. The van der Waals surface area contributed by atoms with Gasteiger partial charge in [-0.3, -0.25) is 9.36 Å². The van der Waals surface area contributed by atoms with E-state index < -0.39 is 0 Å². The summed E-state index contributed by atoms with van der Waals surface area (Å²) in [5, 5.41) is 12.0. The van der Waals surface area contributed by atoms with Crippen molar-refractivity contribution in [3.8, 4) is 5.69 Å². The Kier molecular flexibility index (Phi) is 7.09. The van der Waals surface area contributed by atoms with Crippen LogP contribution in [0.4, 0.5) is 0 Å². The molecule has 1 heterocycles. The van der Waals surface area contributed by atoms with Crippen LogP contribution < -0.4 is 5.32 Å². The predicted molar refractivity (Wildman–Crippen MR) is 118 cm³/mol. The Bertz CT molecular complexity index is 950. The van der Waals surface area contributed by atoms with Crippen molar-refractivity contribution in [1.29, 1.82) is 0 Å². The van der Waals surface area contributed by atoms with Crippen LogP contribution in [-0.4, -0.2) is 26.4 Å². The maximum atomic E-state index is 12.5. The van der Waals surface area contributed by atoms with Crippen molar-refractivity contribution in [1.82, 2.24) is 20.1 Å². The molecule has 0 spiro atoms. The van der Waals surface area contributed by atoms with Crippen molar-refractivity contribution in [3.63, 3.8) is 0 Å². The maximum Gasteiger partial charge on any atom is 0.230 e. The van der Waals surface area contributed by atoms with Gasteiger partial charge in [0.2, 0.25) is 5.91 Å². The molecule has 0 unspecified atom stereocenters. The Morgan fingerprint density at radius 2 is 1.83 bits per heavy atom. The van der Waals surface area contributed by atoms with E-state index in [0.29, 0.717) is 16.8 Å². The molecule has 152 valence electrons. The normalized spacial score (nSPS) is 12.2. The van der Waals surface area contributed by atoms with E-state index in [2.05, 4.69) is 53.6 Å². The fourth-order valence-electron chi connectivity index (χ4n) is 3.23. The van der Waals surface area contributed by atoms with Gasteiger partial charge in [-0.15, -0.1) is 10.2 Å². The summed E-state index contributed by atoms with van der Waals surface area (Å²) < 4.78 is 1.92. The van der Waals surface area contributed by atoms with Crippen LogP contribution in [0.2, 0.25) is 0 Å². The second-order valence-electron chi connectivity index (χ2n) is 7.69. The van der Waals surface area contributed by atoms with E-state index in [1.54, 1.807) is 6.33 Å². The van der Waals surface area contributed by atoms with Crippen LogP contribution in [0.15, 0.2) is 60.0 Å². The number of amides is 1. The molecule has 0 aliphatic carbocycles. The fraction of sp³-hybridized carbons (Fsp3) is 0.348. The molecule has 3 aromatic rings. The van der Waals surface area contributed by atoms with Gasteiger partial charge in [-0.25, -0.2) is 0 Å². The van der Waals surface area contributed by atoms with Crippen molar-refractivity contribution in [2.24, 2.45) is 5.92 Å². The summed E-state index contributed by atoms with van der Waals surface area (Å²) in [5.41, 5.74) is 4.59. The van der Waals surface area contributed by atoms with Gasteiger partial charge in [0.25, 0.3) is 0 Å². The van der Waals surface area contributed by atoms with Gasteiger partial charge in [0.05, 0.1) is 17.5 Å². The molecule has 6 heteroatoms. The Morgan fingerprint density at radius 1 is 1.10 bits per heavy atom. The number of carbonyl (C=O) groups is 1. The molecule has 1 amide bonds. The lowest BCUT2D eigenvalue weighted by atomic mass is 10.00. The molecule has 0 bridgehead atoms. The molecular formula is C23H28N4OS. The minimum Gasteiger partial charge on any atom is -0.349 e. The van der Waals surface area contributed by atoms with E-state index in [9.17, 15) is 4.79 Å². The van der Waals surface area contributed by atoms with Crippen LogP contribution in [0, 0.1) is 12.8 Å². The second-order valence-corrected chi connectivity index (χ2v) is 8.63. The highest BCUT2D eigenvalue weighted by molar-refractivity contribution is 7.99. The first-order valence-corrected chi connectivity index (χ1v) is 10.9. The molecule has 2 aromatic carbocycles. The summed E-state index contributed by atoms with van der Waals surface area (Å²) in [6, 6.07) is 16.5. The number of thioether (sulfide) groups is 1. The third-order valence-corrected chi connectivity index (χ3v) is 5.67. The van der Waals surface area contributed by atoms with Crippen molar-refractivity contribution >= 4 is 17.7 Å². The summed E-state index contributed by atoms with van der Waals surface area (Å²) in [5.74, 6) is 0.908. The molecule has 0 saturated carbocycles. The number of hydrogen-bond donors (Lipinski definition) is 1. The van der Waals surface area contributed by atoms with Crippen LogP contribution in [0.3, 0.4) is 0 Å². The largest absolute Gasteiger partial charge is 0.349 e. The number of aryl methyl sites for hydroxylation is 1. The number of nitrogens with zero attached hydrogens (tertiary/aromatic N) is 3. The summed E-state index contributed by atoms with van der Waals surface area (Å²) >= 11 is 1.39. The first-order chi connectivity index (χ1) is 13.9. The second kappa shape index (κ2) is 9.74. The van der Waals surface area contributed by atoms with Gasteiger partial charge in [-0.2, -0.15) is 0 Å². The van der Waals surface area contributed by atoms with Crippen molar-refractivity contribution in [2.75, 3.05) is 5.75 Å². The molecule has 5 nitrogen and oxygen atoms in total. The van der Waals surface area contributed by atoms with Gasteiger partial charge in [0, 0.05) is 0 Å². The van der Waals surface area contributed by atoms with Gasteiger partial charge in [-0.1, -0.05) is 68.1 Å². The first kappa shape index (κ1) is 21.1. The molecule has 1 N–H and O–H groups in total. The SMILES string of the molecule is Cc1ccccc1-n1cnnc1SCC(=O)N[C@H](C)c1ccc(CC(C)C)cc1. The number of hydrogen-bond acceptors (Lipinski definition) is 4. The molecular weight excluding hydrogens is 380 g/mol. The first-order valence-electron chi connectivity index (χ1n) is 9.91. The zero-order valence-corrected chi connectivity index (χ0v) is 18.2. The Morgan fingerprint density at radius 3 is 2.52 bits per heavy atom. The molecule has 0 aliphatic heterocycles. The van der Waals surface area contributed by atoms with Gasteiger partial charge < -0.3 is 5.32 Å². The topological polar surface area (TPSA) is 59.8 Å². The highest BCUT2D eigenvalue weighted by atomic mass is 32.2. The van der Waals surface area contributed by atoms with Crippen LogP contribution in [0.25, 0.3) is 5.69 Å². The zero-order chi connectivity index (χ0) is 20.8. The van der Waals surface area contributed by atoms with Gasteiger partial charge in [0.1, 0.15) is 6.33 Å². The lowest BCUT2D eigenvalue weighted by molar-refractivity contribution is -0.119. The number of benzene rings is 2. The monoisotopic (exact) mass is 408 g/mol. The summed E-state index contributed by atoms with van der Waals surface area (Å²) in [6.07, 6.45) is 2.75. The third-order valence-electron chi connectivity index (χ3n) is 4.72. The van der Waals surface area contributed by atoms with Crippen molar-refractivity contribution in [3.05, 3.63) is 71.5 Å². The van der Waals surface area contributed by atoms with E-state index >= 15 is 0 Å². The zero-order valence-electron chi connectivity index (χ0n) is 17.4. The highest BCUT2D eigenvalue weighted by Crippen LogP contribution is 2.22. The average Bonchev–Trinajstić information content (AvgIpc) is 3.15. The Balaban J connectivity index is 1.57. The molecule has 1 atom stereocenters. The molecule has 3 rings (SSSR count). The molecule has 0 saturated heterocycles. The average molecular weight is 409 g/mol. The van der Waals surface area contributed by atoms with E-state index in [-0.39, 0.29) is 11.9 Å². The predicted octanol–water partition coefficient (Wildman–Crippen LogP) is 4.74. The van der Waals surface area contributed by atoms with Gasteiger partial charge >= 0.3 is 0 Å².